The Morgan fingerprint density at radius 3 is 2.63 bits per heavy atom. The molecule has 100 valence electrons. The third-order valence-corrected chi connectivity index (χ3v) is 3.32. The van der Waals surface area contributed by atoms with Crippen LogP contribution < -0.4 is 5.32 Å². The van der Waals surface area contributed by atoms with E-state index in [1.165, 1.54) is 11.8 Å². The molecule has 0 aliphatic rings. The Balaban J connectivity index is 2.44. The number of hydrogen-bond donors (Lipinski definition) is 1. The van der Waals surface area contributed by atoms with Crippen molar-refractivity contribution in [3.63, 3.8) is 0 Å². The fourth-order valence-corrected chi connectivity index (χ4v) is 1.88. The minimum absolute atomic E-state index is 0.000653. The average molecular weight is 296 g/mol. The number of rotatable bonds is 7. The van der Waals surface area contributed by atoms with Gasteiger partial charge in [0.25, 0.3) is 0 Å². The second kappa shape index (κ2) is 7.81. The van der Waals surface area contributed by atoms with Crippen LogP contribution in [-0.2, 0) is 4.79 Å². The molecular weight excluding hydrogens is 282 g/mol. The molecule has 5 heteroatoms. The summed E-state index contributed by atoms with van der Waals surface area (Å²) < 4.78 is 0. The molecule has 3 nitrogen and oxygen atoms in total. The second-order valence-corrected chi connectivity index (χ2v) is 5.30. The summed E-state index contributed by atoms with van der Waals surface area (Å²) in [6, 6.07) is 6.75. The molecule has 0 radical (unpaired) electrons. The van der Waals surface area contributed by atoms with E-state index in [0.29, 0.717) is 21.2 Å². The zero-order chi connectivity index (χ0) is 14.3. The number of allylic oxidation sites excluding steroid dienone is 1. The number of aldehydes is 1. The molecule has 0 atom stereocenters. The molecule has 0 amide bonds. The van der Waals surface area contributed by atoms with Gasteiger partial charge in [0.1, 0.15) is 6.29 Å². The summed E-state index contributed by atoms with van der Waals surface area (Å²) >= 11 is 7.04. The molecule has 1 aromatic rings. The van der Waals surface area contributed by atoms with Crippen LogP contribution in [0.3, 0.4) is 0 Å². The van der Waals surface area contributed by atoms with E-state index in [0.717, 1.165) is 6.29 Å². The number of Topliss-reactive ketones (excluding diaryl/α,β-unsaturated/α-hetero) is 1. The Labute approximate surface area is 121 Å². The highest BCUT2D eigenvalue weighted by molar-refractivity contribution is 8.03. The van der Waals surface area contributed by atoms with Gasteiger partial charge >= 0.3 is 0 Å². The summed E-state index contributed by atoms with van der Waals surface area (Å²) in [5.74, 6) is 0.280. The van der Waals surface area contributed by atoms with Gasteiger partial charge in [-0.2, -0.15) is 0 Å². The first-order valence-electron chi connectivity index (χ1n) is 5.52. The summed E-state index contributed by atoms with van der Waals surface area (Å²) in [7, 11) is 0. The van der Waals surface area contributed by atoms with Gasteiger partial charge in [0, 0.05) is 22.4 Å². The Hall–Kier alpha value is -1.52. The van der Waals surface area contributed by atoms with Crippen LogP contribution >= 0.6 is 23.4 Å². The molecule has 0 aliphatic heterocycles. The Bertz CT molecular complexity index is 509. The number of halogens is 1. The van der Waals surface area contributed by atoms with E-state index in [1.807, 2.05) is 0 Å². The molecule has 0 fully saturated rings. The van der Waals surface area contributed by atoms with Crippen LogP contribution in [0.25, 0.3) is 0 Å². The van der Waals surface area contributed by atoms with Crippen molar-refractivity contribution in [1.29, 1.82) is 0 Å². The smallest absolute Gasteiger partial charge is 0.173 e. The largest absolute Gasteiger partial charge is 0.357 e. The molecule has 1 rings (SSSR count). The molecule has 1 N–H and O–H groups in total. The first kappa shape index (κ1) is 15.5. The van der Waals surface area contributed by atoms with Gasteiger partial charge in [-0.05, 0) is 31.2 Å². The van der Waals surface area contributed by atoms with Crippen LogP contribution in [0.2, 0.25) is 5.02 Å². The zero-order valence-corrected chi connectivity index (χ0v) is 12.1. The highest BCUT2D eigenvalue weighted by Crippen LogP contribution is 2.15. The van der Waals surface area contributed by atoms with Crippen molar-refractivity contribution in [3.05, 3.63) is 58.2 Å². The third-order valence-electron chi connectivity index (χ3n) is 2.19. The monoisotopic (exact) mass is 295 g/mol. The fraction of sp³-hybridized carbons (Fsp3) is 0.143. The van der Waals surface area contributed by atoms with Crippen molar-refractivity contribution >= 4 is 35.4 Å². The van der Waals surface area contributed by atoms with Crippen molar-refractivity contribution in [2.75, 3.05) is 5.75 Å². The normalized spacial score (nSPS) is 10.9. The van der Waals surface area contributed by atoms with Crippen molar-refractivity contribution < 1.29 is 9.59 Å². The molecule has 1 aromatic carbocycles. The predicted octanol–water partition coefficient (Wildman–Crippen LogP) is 3.42. The maximum atomic E-state index is 11.9. The van der Waals surface area contributed by atoms with Crippen molar-refractivity contribution in [2.24, 2.45) is 0 Å². The van der Waals surface area contributed by atoms with Gasteiger partial charge in [-0.15, -0.1) is 11.8 Å². The average Bonchev–Trinajstić information content (AvgIpc) is 2.42. The van der Waals surface area contributed by atoms with Gasteiger partial charge < -0.3 is 5.32 Å². The number of carbonyl (C=O) groups excluding carboxylic acids is 2. The van der Waals surface area contributed by atoms with E-state index in [1.54, 1.807) is 37.4 Å². The topological polar surface area (TPSA) is 46.2 Å². The number of hydrogen-bond acceptors (Lipinski definition) is 4. The lowest BCUT2D eigenvalue weighted by Gasteiger charge is -2.05. The SMILES string of the molecule is C=C(N/C=C(\C)C=O)SCC(=O)c1ccc(Cl)cc1. The van der Waals surface area contributed by atoms with Crippen LogP contribution in [0.1, 0.15) is 17.3 Å². The van der Waals surface area contributed by atoms with E-state index in [-0.39, 0.29) is 11.5 Å². The third kappa shape index (κ3) is 5.77. The molecule has 0 unspecified atom stereocenters. The van der Waals surface area contributed by atoms with E-state index in [4.69, 9.17) is 11.6 Å². The first-order chi connectivity index (χ1) is 9.02. The first-order valence-corrected chi connectivity index (χ1v) is 6.88. The fourth-order valence-electron chi connectivity index (χ4n) is 1.14. The minimum Gasteiger partial charge on any atom is -0.357 e. The number of ketones is 1. The summed E-state index contributed by atoms with van der Waals surface area (Å²) in [6.45, 7) is 5.44. The van der Waals surface area contributed by atoms with Crippen LogP contribution in [0.15, 0.2) is 47.6 Å². The van der Waals surface area contributed by atoms with Gasteiger partial charge in [-0.3, -0.25) is 9.59 Å². The molecule has 0 aliphatic carbocycles. The summed E-state index contributed by atoms with van der Waals surface area (Å²) in [5, 5.41) is 4.07. The lowest BCUT2D eigenvalue weighted by Crippen LogP contribution is -2.07. The van der Waals surface area contributed by atoms with Crippen molar-refractivity contribution in [1.82, 2.24) is 5.32 Å². The molecule has 0 bridgehead atoms. The summed E-state index contributed by atoms with van der Waals surface area (Å²) in [4.78, 5) is 22.2. The van der Waals surface area contributed by atoms with Gasteiger partial charge in [0.15, 0.2) is 5.78 Å². The molecule has 0 saturated carbocycles. The second-order valence-electron chi connectivity index (χ2n) is 3.79. The number of nitrogens with one attached hydrogen (secondary N) is 1. The van der Waals surface area contributed by atoms with E-state index >= 15 is 0 Å². The molecular formula is C14H14ClNO2S. The predicted molar refractivity (Wildman–Crippen MR) is 80.3 cm³/mol. The maximum absolute atomic E-state index is 11.9. The standard InChI is InChI=1S/C14H14ClNO2S/c1-10(8-17)7-16-11(2)19-9-14(18)12-3-5-13(15)6-4-12/h3-8,16H,2,9H2,1H3/b10-7+. The number of thioether (sulfide) groups is 1. The van der Waals surface area contributed by atoms with Crippen molar-refractivity contribution in [3.8, 4) is 0 Å². The van der Waals surface area contributed by atoms with Crippen LogP contribution in [0.5, 0.6) is 0 Å². The van der Waals surface area contributed by atoms with Gasteiger partial charge in [-0.25, -0.2) is 0 Å². The Morgan fingerprint density at radius 1 is 1.42 bits per heavy atom. The van der Waals surface area contributed by atoms with E-state index < -0.39 is 0 Å². The van der Waals surface area contributed by atoms with E-state index in [2.05, 4.69) is 11.9 Å². The van der Waals surface area contributed by atoms with Crippen LogP contribution in [0.4, 0.5) is 0 Å². The lowest BCUT2D eigenvalue weighted by atomic mass is 10.1. The van der Waals surface area contributed by atoms with Crippen molar-refractivity contribution in [2.45, 2.75) is 6.92 Å². The summed E-state index contributed by atoms with van der Waals surface area (Å²) in [6.07, 6.45) is 2.29. The number of benzene rings is 1. The van der Waals surface area contributed by atoms with Gasteiger partial charge in [0.2, 0.25) is 0 Å². The highest BCUT2D eigenvalue weighted by atomic mass is 35.5. The van der Waals surface area contributed by atoms with Crippen LogP contribution in [0, 0.1) is 0 Å². The van der Waals surface area contributed by atoms with Gasteiger partial charge in [-0.1, -0.05) is 18.2 Å². The molecule has 0 saturated heterocycles. The summed E-state index contributed by atoms with van der Waals surface area (Å²) in [5.41, 5.74) is 1.18. The minimum atomic E-state index is 0.000653. The Morgan fingerprint density at radius 2 is 2.05 bits per heavy atom. The number of carbonyl (C=O) groups is 2. The maximum Gasteiger partial charge on any atom is 0.173 e. The zero-order valence-electron chi connectivity index (χ0n) is 10.5. The molecule has 19 heavy (non-hydrogen) atoms. The lowest BCUT2D eigenvalue weighted by molar-refractivity contribution is -0.104. The quantitative estimate of drug-likeness (QED) is 0.476. The molecule has 0 aromatic heterocycles. The van der Waals surface area contributed by atoms with Crippen LogP contribution in [-0.4, -0.2) is 17.8 Å². The molecule has 0 spiro atoms. The van der Waals surface area contributed by atoms with Gasteiger partial charge in [0.05, 0.1) is 10.8 Å². The highest BCUT2D eigenvalue weighted by Gasteiger charge is 2.06. The van der Waals surface area contributed by atoms with E-state index in [9.17, 15) is 9.59 Å². The Kier molecular flexibility index (Phi) is 6.39. The molecule has 0 heterocycles.